The van der Waals surface area contributed by atoms with Crippen LogP contribution in [0.15, 0.2) is 30.3 Å². The lowest BCUT2D eigenvalue weighted by molar-refractivity contribution is -0.122. The maximum Gasteiger partial charge on any atom is 0.133 e. The summed E-state index contributed by atoms with van der Waals surface area (Å²) in [6, 6.07) is 10.6. The number of carbonyl (C=O) groups is 1. The van der Waals surface area contributed by atoms with Crippen molar-refractivity contribution in [2.45, 2.75) is 38.5 Å². The molecule has 1 aliphatic carbocycles. The van der Waals surface area contributed by atoms with E-state index in [9.17, 15) is 4.79 Å². The molecular weight excluding hydrogens is 184 g/mol. The van der Waals surface area contributed by atoms with Crippen LogP contribution in [0.1, 0.15) is 38.7 Å². The summed E-state index contributed by atoms with van der Waals surface area (Å²) in [6.07, 6.45) is 2.48. The molecule has 1 aromatic carbocycles. The third-order valence-corrected chi connectivity index (χ3v) is 3.98. The third kappa shape index (κ3) is 1.83. The van der Waals surface area contributed by atoms with Crippen molar-refractivity contribution in [3.05, 3.63) is 35.9 Å². The Hall–Kier alpha value is -1.11. The van der Waals surface area contributed by atoms with Crippen LogP contribution in [0.5, 0.6) is 0 Å². The van der Waals surface area contributed by atoms with Crippen LogP contribution in [0.2, 0.25) is 0 Å². The Labute approximate surface area is 91.5 Å². The number of rotatable bonds is 1. The molecule has 1 nitrogen and oxygen atoms in total. The van der Waals surface area contributed by atoms with Crippen molar-refractivity contribution < 1.29 is 4.79 Å². The minimum atomic E-state index is 0.190. The van der Waals surface area contributed by atoms with Crippen molar-refractivity contribution in [1.29, 1.82) is 0 Å². The first-order valence-corrected chi connectivity index (χ1v) is 5.70. The van der Waals surface area contributed by atoms with Gasteiger partial charge in [0.2, 0.25) is 0 Å². The average molecular weight is 202 g/mol. The third-order valence-electron chi connectivity index (χ3n) is 3.98. The van der Waals surface area contributed by atoms with Gasteiger partial charge in [-0.3, -0.25) is 4.79 Å². The predicted octanol–water partition coefficient (Wildman–Crippen LogP) is 3.33. The zero-order valence-electron chi connectivity index (χ0n) is 9.49. The van der Waals surface area contributed by atoms with E-state index in [4.69, 9.17) is 0 Å². The molecule has 2 rings (SSSR count). The molecule has 1 aliphatic rings. The van der Waals surface area contributed by atoms with Gasteiger partial charge < -0.3 is 0 Å². The van der Waals surface area contributed by atoms with Gasteiger partial charge in [-0.25, -0.2) is 0 Å². The second-order valence-corrected chi connectivity index (χ2v) is 4.93. The van der Waals surface area contributed by atoms with Gasteiger partial charge in [-0.1, -0.05) is 44.2 Å². The van der Waals surface area contributed by atoms with Crippen molar-refractivity contribution in [2.75, 3.05) is 0 Å². The molecule has 15 heavy (non-hydrogen) atoms. The highest BCUT2D eigenvalue weighted by Gasteiger charge is 2.37. The van der Waals surface area contributed by atoms with Gasteiger partial charge >= 0.3 is 0 Å². The maximum absolute atomic E-state index is 11.4. The fraction of sp³-hybridized carbons (Fsp3) is 0.500. The maximum atomic E-state index is 11.4. The van der Waals surface area contributed by atoms with Crippen LogP contribution in [-0.2, 0) is 10.2 Å². The van der Waals surface area contributed by atoms with Crippen molar-refractivity contribution >= 4 is 5.78 Å². The number of ketones is 1. The topological polar surface area (TPSA) is 17.1 Å². The number of carbonyl (C=O) groups excluding carboxylic acids is 1. The Kier molecular flexibility index (Phi) is 2.64. The molecule has 1 aromatic rings. The van der Waals surface area contributed by atoms with Crippen LogP contribution in [0.4, 0.5) is 0 Å². The van der Waals surface area contributed by atoms with Crippen LogP contribution in [-0.4, -0.2) is 5.78 Å². The summed E-state index contributed by atoms with van der Waals surface area (Å²) in [4.78, 5) is 11.4. The molecule has 1 saturated carbocycles. The quantitative estimate of drug-likeness (QED) is 0.682. The minimum Gasteiger partial charge on any atom is -0.300 e. The molecule has 0 bridgehead atoms. The summed E-state index contributed by atoms with van der Waals surface area (Å²) in [7, 11) is 0. The van der Waals surface area contributed by atoms with E-state index in [0.29, 0.717) is 11.7 Å². The molecule has 0 aliphatic heterocycles. The molecule has 0 amide bonds. The van der Waals surface area contributed by atoms with Crippen LogP contribution in [0.3, 0.4) is 0 Å². The second-order valence-electron chi connectivity index (χ2n) is 4.93. The normalized spacial score (nSPS) is 31.6. The van der Waals surface area contributed by atoms with Crippen molar-refractivity contribution in [3.8, 4) is 0 Å². The Balaban J connectivity index is 2.30. The van der Waals surface area contributed by atoms with Gasteiger partial charge in [-0.2, -0.15) is 0 Å². The Morgan fingerprint density at radius 2 is 1.93 bits per heavy atom. The zero-order valence-corrected chi connectivity index (χ0v) is 9.49. The molecule has 2 atom stereocenters. The standard InChI is InChI=1S/C14H18O/c1-11-10-13(15)8-9-14(11,2)12-6-4-3-5-7-12/h3-7,11H,8-10H2,1-2H3/t11-,14-/m0/s1. The van der Waals surface area contributed by atoms with Crippen LogP contribution in [0, 0.1) is 5.92 Å². The minimum absolute atomic E-state index is 0.190. The molecule has 0 radical (unpaired) electrons. The zero-order chi connectivity index (χ0) is 10.9. The van der Waals surface area contributed by atoms with E-state index in [2.05, 4.69) is 38.1 Å². The highest BCUT2D eigenvalue weighted by Crippen LogP contribution is 2.41. The Bertz CT molecular complexity index is 355. The molecule has 0 heterocycles. The van der Waals surface area contributed by atoms with Crippen LogP contribution in [0.25, 0.3) is 0 Å². The van der Waals surface area contributed by atoms with E-state index in [1.165, 1.54) is 5.56 Å². The van der Waals surface area contributed by atoms with E-state index in [1.54, 1.807) is 0 Å². The van der Waals surface area contributed by atoms with Crippen molar-refractivity contribution in [1.82, 2.24) is 0 Å². The summed E-state index contributed by atoms with van der Waals surface area (Å²) in [5.41, 5.74) is 1.57. The molecule has 80 valence electrons. The summed E-state index contributed by atoms with van der Waals surface area (Å²) in [6.45, 7) is 4.49. The molecule has 0 N–H and O–H groups in total. The first-order valence-electron chi connectivity index (χ1n) is 5.70. The number of Topliss-reactive ketones (excluding diaryl/α,β-unsaturated/α-hetero) is 1. The van der Waals surface area contributed by atoms with Crippen LogP contribution < -0.4 is 0 Å². The van der Waals surface area contributed by atoms with E-state index < -0.39 is 0 Å². The summed E-state index contributed by atoms with van der Waals surface area (Å²) >= 11 is 0. The Morgan fingerprint density at radius 1 is 1.27 bits per heavy atom. The van der Waals surface area contributed by atoms with Crippen LogP contribution >= 0.6 is 0 Å². The molecule has 1 fully saturated rings. The van der Waals surface area contributed by atoms with E-state index in [1.807, 2.05) is 6.07 Å². The first-order chi connectivity index (χ1) is 7.13. The number of hydrogen-bond donors (Lipinski definition) is 0. The predicted molar refractivity (Wildman–Crippen MR) is 61.8 cm³/mol. The monoisotopic (exact) mass is 202 g/mol. The largest absolute Gasteiger partial charge is 0.300 e. The number of hydrogen-bond acceptors (Lipinski definition) is 1. The van der Waals surface area contributed by atoms with Gasteiger partial charge in [-0.15, -0.1) is 0 Å². The molecule has 0 spiro atoms. The molecule has 0 unspecified atom stereocenters. The fourth-order valence-electron chi connectivity index (χ4n) is 2.56. The highest BCUT2D eigenvalue weighted by molar-refractivity contribution is 5.80. The molecule has 1 heteroatoms. The second kappa shape index (κ2) is 3.80. The van der Waals surface area contributed by atoms with E-state index in [-0.39, 0.29) is 5.41 Å². The molecule has 0 aromatic heterocycles. The van der Waals surface area contributed by atoms with Gasteiger partial charge in [0.05, 0.1) is 0 Å². The highest BCUT2D eigenvalue weighted by atomic mass is 16.1. The molecular formula is C14H18O. The lowest BCUT2D eigenvalue weighted by atomic mass is 9.64. The van der Waals surface area contributed by atoms with Gasteiger partial charge in [0.15, 0.2) is 0 Å². The summed E-state index contributed by atoms with van der Waals surface area (Å²) < 4.78 is 0. The summed E-state index contributed by atoms with van der Waals surface area (Å²) in [5, 5.41) is 0. The van der Waals surface area contributed by atoms with Crippen molar-refractivity contribution in [3.63, 3.8) is 0 Å². The van der Waals surface area contributed by atoms with E-state index >= 15 is 0 Å². The van der Waals surface area contributed by atoms with Gasteiger partial charge in [-0.05, 0) is 23.3 Å². The van der Waals surface area contributed by atoms with E-state index in [0.717, 1.165) is 19.3 Å². The first kappa shape index (κ1) is 10.4. The fourth-order valence-corrected chi connectivity index (χ4v) is 2.56. The smallest absolute Gasteiger partial charge is 0.133 e. The average Bonchev–Trinajstić information content (AvgIpc) is 2.25. The lowest BCUT2D eigenvalue weighted by Gasteiger charge is -2.39. The SMILES string of the molecule is C[C@H]1CC(=O)CC[C@]1(C)c1ccccc1. The van der Waals surface area contributed by atoms with Crippen molar-refractivity contribution in [2.24, 2.45) is 5.92 Å². The van der Waals surface area contributed by atoms with Gasteiger partial charge in [0.25, 0.3) is 0 Å². The Morgan fingerprint density at radius 3 is 2.53 bits per heavy atom. The van der Waals surface area contributed by atoms with Gasteiger partial charge in [0, 0.05) is 12.8 Å². The number of benzene rings is 1. The lowest BCUT2D eigenvalue weighted by Crippen LogP contribution is -2.36. The summed E-state index contributed by atoms with van der Waals surface area (Å²) in [5.74, 6) is 0.886. The van der Waals surface area contributed by atoms with Gasteiger partial charge in [0.1, 0.15) is 5.78 Å². The molecule has 0 saturated heterocycles.